The number of anilines is 1. The van der Waals surface area contributed by atoms with Crippen molar-refractivity contribution in [1.29, 1.82) is 0 Å². The van der Waals surface area contributed by atoms with Crippen molar-refractivity contribution in [2.24, 2.45) is 11.8 Å². The van der Waals surface area contributed by atoms with Gasteiger partial charge in [0.2, 0.25) is 5.13 Å². The maximum Gasteiger partial charge on any atom is 0.290 e. The Hall–Kier alpha value is -2.11. The fourth-order valence-corrected chi connectivity index (χ4v) is 6.38. The van der Waals surface area contributed by atoms with Gasteiger partial charge in [0.15, 0.2) is 0 Å². The molecule has 0 unspecified atom stereocenters. The summed E-state index contributed by atoms with van der Waals surface area (Å²) in [4.78, 5) is 30.1. The maximum absolute atomic E-state index is 12.4. The third kappa shape index (κ3) is 4.47. The minimum Gasteiger partial charge on any atom is -0.483 e. The van der Waals surface area contributed by atoms with Crippen LogP contribution in [-0.2, 0) is 4.79 Å². The summed E-state index contributed by atoms with van der Waals surface area (Å²) in [6.45, 7) is 3.71. The van der Waals surface area contributed by atoms with Crippen LogP contribution in [-0.4, -0.2) is 75.8 Å². The van der Waals surface area contributed by atoms with Gasteiger partial charge in [-0.05, 0) is 37.6 Å². The first kappa shape index (κ1) is 21.1. The summed E-state index contributed by atoms with van der Waals surface area (Å²) < 4.78 is 0. The number of nitrogens with zero attached hydrogens (tertiary/aromatic N) is 5. The smallest absolute Gasteiger partial charge is 0.290 e. The van der Waals surface area contributed by atoms with Gasteiger partial charge >= 0.3 is 0 Å². The highest BCUT2D eigenvalue weighted by Crippen LogP contribution is 2.42. The Morgan fingerprint density at radius 2 is 2.13 bits per heavy atom. The molecule has 30 heavy (non-hydrogen) atoms. The van der Waals surface area contributed by atoms with E-state index in [0.717, 1.165) is 24.8 Å². The molecule has 9 nitrogen and oxygen atoms in total. The van der Waals surface area contributed by atoms with Crippen molar-refractivity contribution >= 4 is 40.2 Å². The van der Waals surface area contributed by atoms with Crippen LogP contribution in [0.4, 0.5) is 5.13 Å². The van der Waals surface area contributed by atoms with E-state index in [1.54, 1.807) is 16.8 Å². The van der Waals surface area contributed by atoms with Crippen molar-refractivity contribution in [3.05, 3.63) is 22.1 Å². The highest BCUT2D eigenvalue weighted by atomic mass is 32.1. The van der Waals surface area contributed by atoms with Crippen LogP contribution >= 0.6 is 22.7 Å². The van der Waals surface area contributed by atoms with Gasteiger partial charge in [0.25, 0.3) is 12.4 Å². The summed E-state index contributed by atoms with van der Waals surface area (Å²) in [7, 11) is 0. The molecule has 5 heterocycles. The van der Waals surface area contributed by atoms with Crippen LogP contribution in [0.2, 0.25) is 0 Å². The van der Waals surface area contributed by atoms with Crippen molar-refractivity contribution in [3.8, 4) is 0 Å². The van der Waals surface area contributed by atoms with Crippen LogP contribution in [0.15, 0.2) is 16.4 Å². The lowest BCUT2D eigenvalue weighted by molar-refractivity contribution is -0.122. The molecular weight excluding hydrogens is 424 g/mol. The summed E-state index contributed by atoms with van der Waals surface area (Å²) in [6, 6.07) is 1.02. The predicted molar refractivity (Wildman–Crippen MR) is 115 cm³/mol. The van der Waals surface area contributed by atoms with Gasteiger partial charge in [-0.2, -0.15) is 0 Å². The summed E-state index contributed by atoms with van der Waals surface area (Å²) in [5.74, 6) is 1.19. The molecule has 3 aliphatic rings. The highest BCUT2D eigenvalue weighted by Gasteiger charge is 2.47. The average Bonchev–Trinajstić information content (AvgIpc) is 3.48. The molecule has 2 N–H and O–H groups in total. The summed E-state index contributed by atoms with van der Waals surface area (Å²) >= 11 is 3.09. The SMILES string of the molecule is O=C(NC[C@H]1[C@H]2C[C@H](CN(c3nncs3)C2)[C@@H]2CCCCN21)c1cscn1.O=CO. The Morgan fingerprint density at radius 3 is 2.87 bits per heavy atom. The zero-order valence-corrected chi connectivity index (χ0v) is 18.2. The fraction of sp³-hybridized carbons (Fsp3) is 0.632. The highest BCUT2D eigenvalue weighted by molar-refractivity contribution is 7.13. The van der Waals surface area contributed by atoms with Gasteiger partial charge in [0.1, 0.15) is 11.2 Å². The molecule has 1 amide bonds. The monoisotopic (exact) mass is 450 g/mol. The Bertz CT molecular complexity index is 818. The number of hydrogen-bond donors (Lipinski definition) is 2. The molecule has 3 aliphatic heterocycles. The number of carbonyl (C=O) groups is 2. The van der Waals surface area contributed by atoms with Crippen LogP contribution in [0.5, 0.6) is 0 Å². The number of aromatic nitrogens is 3. The van der Waals surface area contributed by atoms with Crippen molar-refractivity contribution in [2.75, 3.05) is 31.1 Å². The largest absolute Gasteiger partial charge is 0.483 e. The molecule has 0 aliphatic carbocycles. The molecule has 0 spiro atoms. The van der Waals surface area contributed by atoms with Crippen LogP contribution in [0.1, 0.15) is 36.2 Å². The molecule has 2 bridgehead atoms. The van der Waals surface area contributed by atoms with E-state index in [1.807, 2.05) is 10.9 Å². The second-order valence-corrected chi connectivity index (χ2v) is 9.47. The van der Waals surface area contributed by atoms with Crippen molar-refractivity contribution in [3.63, 3.8) is 0 Å². The first-order valence-corrected chi connectivity index (χ1v) is 12.0. The molecule has 0 aromatic carbocycles. The first-order chi connectivity index (χ1) is 14.7. The molecular formula is C19H26N6O3S2. The third-order valence-corrected chi connectivity index (χ3v) is 7.71. The van der Waals surface area contributed by atoms with E-state index in [-0.39, 0.29) is 12.4 Å². The quantitative estimate of drug-likeness (QED) is 0.679. The van der Waals surface area contributed by atoms with Gasteiger partial charge in [-0.15, -0.1) is 21.5 Å². The van der Waals surface area contributed by atoms with Gasteiger partial charge < -0.3 is 15.3 Å². The number of carbonyl (C=O) groups excluding carboxylic acids is 1. The minimum atomic E-state index is -0.250. The van der Waals surface area contributed by atoms with Crippen molar-refractivity contribution < 1.29 is 14.7 Å². The molecule has 3 saturated heterocycles. The van der Waals surface area contributed by atoms with E-state index >= 15 is 0 Å². The third-order valence-electron chi connectivity index (χ3n) is 6.38. The Morgan fingerprint density at radius 1 is 1.30 bits per heavy atom. The summed E-state index contributed by atoms with van der Waals surface area (Å²) in [5.41, 5.74) is 4.06. The van der Waals surface area contributed by atoms with Gasteiger partial charge in [0, 0.05) is 37.1 Å². The number of carboxylic acid groups (broad SMARTS) is 1. The van der Waals surface area contributed by atoms with Crippen LogP contribution < -0.4 is 10.2 Å². The Labute approximate surface area is 183 Å². The standard InChI is InChI=1S/C18H24N6OS2.CH2O2/c25-17(14-9-26-10-20-14)19-6-16-13-5-12(15-3-1-2-4-24(15)16)7-23(8-13)18-22-21-11-27-18;2-1-3/h9-13,15-16H,1-8H2,(H,19,25);1H,(H,2,3)/t12-,13+,15+,16+;/m1./s1. The van der Waals surface area contributed by atoms with Gasteiger partial charge in [-0.25, -0.2) is 4.98 Å². The van der Waals surface area contributed by atoms with Gasteiger partial charge in [-0.1, -0.05) is 17.8 Å². The van der Waals surface area contributed by atoms with Crippen LogP contribution in [0, 0.1) is 11.8 Å². The van der Waals surface area contributed by atoms with Gasteiger partial charge in [0.05, 0.1) is 5.51 Å². The van der Waals surface area contributed by atoms with Crippen molar-refractivity contribution in [2.45, 2.75) is 37.8 Å². The molecule has 4 atom stereocenters. The molecule has 3 fully saturated rings. The number of piperidine rings is 3. The zero-order valence-electron chi connectivity index (χ0n) is 16.6. The number of thiazole rings is 1. The second-order valence-electron chi connectivity index (χ2n) is 7.94. The molecule has 162 valence electrons. The van der Waals surface area contributed by atoms with Gasteiger partial charge in [-0.3, -0.25) is 14.5 Å². The number of rotatable bonds is 4. The van der Waals surface area contributed by atoms with E-state index in [2.05, 4.69) is 30.3 Å². The number of nitrogens with one attached hydrogen (secondary N) is 1. The lowest BCUT2D eigenvalue weighted by atomic mass is 9.72. The molecule has 5 rings (SSSR count). The van der Waals surface area contributed by atoms with E-state index < -0.39 is 0 Å². The first-order valence-electron chi connectivity index (χ1n) is 10.2. The van der Waals surface area contributed by atoms with Crippen molar-refractivity contribution in [1.82, 2.24) is 25.4 Å². The van der Waals surface area contributed by atoms with E-state index in [9.17, 15) is 4.79 Å². The minimum absolute atomic E-state index is 0.0521. The van der Waals surface area contributed by atoms with E-state index in [0.29, 0.717) is 36.2 Å². The number of hydrogen-bond acceptors (Lipinski definition) is 9. The fourth-order valence-electron chi connectivity index (χ4n) is 5.26. The number of amides is 1. The van der Waals surface area contributed by atoms with Crippen LogP contribution in [0.3, 0.4) is 0 Å². The zero-order chi connectivity index (χ0) is 20.9. The Balaban J connectivity index is 0.000000687. The lowest BCUT2D eigenvalue weighted by Crippen LogP contribution is -2.65. The normalized spacial score (nSPS) is 28.1. The number of fused-ring (bicyclic) bond motifs is 4. The molecule has 0 saturated carbocycles. The summed E-state index contributed by atoms with van der Waals surface area (Å²) in [5, 5.41) is 21.2. The summed E-state index contributed by atoms with van der Waals surface area (Å²) in [6.07, 6.45) is 5.12. The molecule has 0 radical (unpaired) electrons. The van der Waals surface area contributed by atoms with E-state index in [1.165, 1.54) is 37.0 Å². The van der Waals surface area contributed by atoms with Crippen LogP contribution in [0.25, 0.3) is 0 Å². The second kappa shape index (κ2) is 9.80. The van der Waals surface area contributed by atoms with E-state index in [4.69, 9.17) is 9.90 Å². The average molecular weight is 451 g/mol. The topological polar surface area (TPSA) is 112 Å². The Kier molecular flexibility index (Phi) is 6.90. The molecule has 2 aromatic rings. The molecule has 2 aromatic heterocycles. The molecule has 11 heteroatoms. The predicted octanol–water partition coefficient (Wildman–Crippen LogP) is 1.80. The maximum atomic E-state index is 12.4. The lowest BCUT2D eigenvalue weighted by Gasteiger charge is -2.56.